The molecule has 0 bridgehead atoms. The van der Waals surface area contributed by atoms with Crippen molar-refractivity contribution < 1.29 is 9.59 Å². The van der Waals surface area contributed by atoms with Gasteiger partial charge < -0.3 is 15.5 Å². The summed E-state index contributed by atoms with van der Waals surface area (Å²) in [5.74, 6) is 0.0955. The fourth-order valence-electron chi connectivity index (χ4n) is 3.42. The second kappa shape index (κ2) is 8.19. The summed E-state index contributed by atoms with van der Waals surface area (Å²) in [6.07, 6.45) is 5.71. The highest BCUT2D eigenvalue weighted by Crippen LogP contribution is 2.28. The van der Waals surface area contributed by atoms with E-state index in [0.29, 0.717) is 17.1 Å². The van der Waals surface area contributed by atoms with Gasteiger partial charge in [0.25, 0.3) is 5.91 Å². The molecule has 2 aliphatic heterocycles. The fourth-order valence-corrected chi connectivity index (χ4v) is 4.41. The zero-order chi connectivity index (χ0) is 17.8. The van der Waals surface area contributed by atoms with Gasteiger partial charge in [0.2, 0.25) is 5.91 Å². The molecule has 3 rings (SSSR count). The lowest BCUT2D eigenvalue weighted by atomic mass is 10.1. The Hall–Kier alpha value is -1.60. The van der Waals surface area contributed by atoms with E-state index in [9.17, 15) is 9.59 Å². The predicted molar refractivity (Wildman–Crippen MR) is 98.5 cm³/mol. The number of amides is 2. The second-order valence-corrected chi connectivity index (χ2v) is 8.13. The summed E-state index contributed by atoms with van der Waals surface area (Å²) in [5, 5.41) is 0.384. The molecule has 0 aliphatic carbocycles. The van der Waals surface area contributed by atoms with Crippen molar-refractivity contribution in [1.82, 2.24) is 14.8 Å². The van der Waals surface area contributed by atoms with Crippen LogP contribution in [0.2, 0.25) is 0 Å². The third-order valence-corrected chi connectivity index (χ3v) is 5.90. The molecule has 2 unspecified atom stereocenters. The number of rotatable bonds is 4. The third-order valence-electron chi connectivity index (χ3n) is 4.80. The summed E-state index contributed by atoms with van der Waals surface area (Å²) < 4.78 is 0. The highest BCUT2D eigenvalue weighted by molar-refractivity contribution is 8.00. The molecule has 2 amide bonds. The van der Waals surface area contributed by atoms with Gasteiger partial charge in [-0.2, -0.15) is 0 Å². The molecule has 3 heterocycles. The topological polar surface area (TPSA) is 79.5 Å². The van der Waals surface area contributed by atoms with Crippen LogP contribution < -0.4 is 5.73 Å². The first-order valence-corrected chi connectivity index (χ1v) is 9.89. The predicted octanol–water partition coefficient (Wildman–Crippen LogP) is 1.75. The van der Waals surface area contributed by atoms with Crippen molar-refractivity contribution in [3.05, 3.63) is 23.9 Å². The van der Waals surface area contributed by atoms with E-state index in [4.69, 9.17) is 5.73 Å². The number of pyridine rings is 1. The average molecular weight is 362 g/mol. The third kappa shape index (κ3) is 4.33. The largest absolute Gasteiger partial charge is 0.342 e. The smallest absolute Gasteiger partial charge is 0.256 e. The Bertz CT molecular complexity index is 633. The molecule has 2 saturated heterocycles. The number of carbonyl (C=O) groups excluding carboxylic acids is 2. The lowest BCUT2D eigenvalue weighted by Gasteiger charge is -2.31. The van der Waals surface area contributed by atoms with Crippen molar-refractivity contribution >= 4 is 23.6 Å². The first kappa shape index (κ1) is 18.2. The van der Waals surface area contributed by atoms with Crippen molar-refractivity contribution in [1.29, 1.82) is 0 Å². The first-order chi connectivity index (χ1) is 12.1. The molecule has 0 radical (unpaired) electrons. The molecule has 0 spiro atoms. The lowest BCUT2D eigenvalue weighted by Crippen LogP contribution is -2.45. The maximum atomic E-state index is 12.9. The first-order valence-electron chi connectivity index (χ1n) is 9.01. The molecule has 25 heavy (non-hydrogen) atoms. The summed E-state index contributed by atoms with van der Waals surface area (Å²) in [7, 11) is 0. The molecule has 2 atom stereocenters. The SMILES string of the molecule is CC(Sc1ncccc1C(=O)N1CCCC(N)C1)C(=O)N1CCCC1. The van der Waals surface area contributed by atoms with Crippen LogP contribution in [-0.4, -0.2) is 64.1 Å². The van der Waals surface area contributed by atoms with E-state index in [1.165, 1.54) is 11.8 Å². The Balaban J connectivity index is 1.71. The van der Waals surface area contributed by atoms with Gasteiger partial charge in [-0.1, -0.05) is 11.8 Å². The molecule has 1 aromatic rings. The Kier molecular flexibility index (Phi) is 5.96. The molecular weight excluding hydrogens is 336 g/mol. The Morgan fingerprint density at radius 1 is 1.24 bits per heavy atom. The van der Waals surface area contributed by atoms with Crippen LogP contribution in [0, 0.1) is 0 Å². The number of likely N-dealkylation sites (tertiary alicyclic amines) is 2. The maximum absolute atomic E-state index is 12.9. The molecule has 136 valence electrons. The van der Waals surface area contributed by atoms with Gasteiger partial charge in [0.05, 0.1) is 10.8 Å². The zero-order valence-electron chi connectivity index (χ0n) is 14.7. The molecule has 2 N–H and O–H groups in total. The van der Waals surface area contributed by atoms with Crippen LogP contribution in [0.4, 0.5) is 0 Å². The van der Waals surface area contributed by atoms with Crippen molar-refractivity contribution in [3.63, 3.8) is 0 Å². The minimum atomic E-state index is -0.247. The molecular formula is C18H26N4O2S. The van der Waals surface area contributed by atoms with Gasteiger partial charge in [0.15, 0.2) is 0 Å². The highest BCUT2D eigenvalue weighted by Gasteiger charge is 2.28. The molecule has 6 nitrogen and oxygen atoms in total. The van der Waals surface area contributed by atoms with Crippen LogP contribution in [0.5, 0.6) is 0 Å². The summed E-state index contributed by atoms with van der Waals surface area (Å²) >= 11 is 1.38. The summed E-state index contributed by atoms with van der Waals surface area (Å²) in [6.45, 7) is 4.88. The number of carbonyl (C=O) groups is 2. The number of thioether (sulfide) groups is 1. The van der Waals surface area contributed by atoms with Gasteiger partial charge in [0, 0.05) is 38.4 Å². The molecule has 0 aromatic carbocycles. The molecule has 2 aliphatic rings. The lowest BCUT2D eigenvalue weighted by molar-refractivity contribution is -0.129. The van der Waals surface area contributed by atoms with Gasteiger partial charge in [-0.15, -0.1) is 0 Å². The summed E-state index contributed by atoms with van der Waals surface area (Å²) in [6, 6.07) is 3.61. The number of hydrogen-bond acceptors (Lipinski definition) is 5. The number of aromatic nitrogens is 1. The fraction of sp³-hybridized carbons (Fsp3) is 0.611. The van der Waals surface area contributed by atoms with Crippen LogP contribution in [-0.2, 0) is 4.79 Å². The molecule has 7 heteroatoms. The van der Waals surface area contributed by atoms with Crippen molar-refractivity contribution in [2.24, 2.45) is 5.73 Å². The standard InChI is InChI=1S/C18H26N4O2S/c1-13(17(23)21-9-2-3-10-21)25-16-15(7-4-8-20-16)18(24)22-11-5-6-14(19)12-22/h4,7-8,13-14H,2-3,5-6,9-12,19H2,1H3. The number of nitrogens with zero attached hydrogens (tertiary/aromatic N) is 3. The summed E-state index contributed by atoms with van der Waals surface area (Å²) in [5.41, 5.74) is 6.58. The van der Waals surface area contributed by atoms with Gasteiger partial charge >= 0.3 is 0 Å². The van der Waals surface area contributed by atoms with E-state index < -0.39 is 0 Å². The van der Waals surface area contributed by atoms with E-state index in [1.807, 2.05) is 16.7 Å². The normalized spacial score (nSPS) is 22.1. The highest BCUT2D eigenvalue weighted by atomic mass is 32.2. The monoisotopic (exact) mass is 362 g/mol. The van der Waals surface area contributed by atoms with Gasteiger partial charge in [-0.25, -0.2) is 4.98 Å². The Morgan fingerprint density at radius 2 is 1.96 bits per heavy atom. The van der Waals surface area contributed by atoms with E-state index in [-0.39, 0.29) is 23.1 Å². The molecule has 1 aromatic heterocycles. The Morgan fingerprint density at radius 3 is 2.68 bits per heavy atom. The number of piperidine rings is 1. The second-order valence-electron chi connectivity index (χ2n) is 6.80. The average Bonchev–Trinajstić information content (AvgIpc) is 3.15. The van der Waals surface area contributed by atoms with Crippen LogP contribution in [0.1, 0.15) is 43.0 Å². The van der Waals surface area contributed by atoms with E-state index in [1.54, 1.807) is 18.3 Å². The Labute approximate surface area is 153 Å². The van der Waals surface area contributed by atoms with Gasteiger partial charge in [0.1, 0.15) is 5.03 Å². The minimum Gasteiger partial charge on any atom is -0.342 e. The zero-order valence-corrected chi connectivity index (χ0v) is 15.5. The summed E-state index contributed by atoms with van der Waals surface area (Å²) in [4.78, 5) is 33.5. The van der Waals surface area contributed by atoms with Crippen LogP contribution >= 0.6 is 11.8 Å². The van der Waals surface area contributed by atoms with E-state index >= 15 is 0 Å². The van der Waals surface area contributed by atoms with Crippen molar-refractivity contribution in [2.75, 3.05) is 26.2 Å². The van der Waals surface area contributed by atoms with E-state index in [2.05, 4.69) is 4.98 Å². The van der Waals surface area contributed by atoms with Gasteiger partial charge in [-0.05, 0) is 44.7 Å². The number of hydrogen-bond donors (Lipinski definition) is 1. The quantitative estimate of drug-likeness (QED) is 0.826. The maximum Gasteiger partial charge on any atom is 0.256 e. The van der Waals surface area contributed by atoms with Gasteiger partial charge in [-0.3, -0.25) is 9.59 Å². The van der Waals surface area contributed by atoms with Crippen molar-refractivity contribution in [3.8, 4) is 0 Å². The minimum absolute atomic E-state index is 0.0356. The van der Waals surface area contributed by atoms with E-state index in [0.717, 1.165) is 45.3 Å². The van der Waals surface area contributed by atoms with Crippen LogP contribution in [0.25, 0.3) is 0 Å². The number of nitrogens with two attached hydrogens (primary N) is 1. The van der Waals surface area contributed by atoms with Crippen LogP contribution in [0.15, 0.2) is 23.4 Å². The molecule has 0 saturated carbocycles. The van der Waals surface area contributed by atoms with Crippen LogP contribution in [0.3, 0.4) is 0 Å². The van der Waals surface area contributed by atoms with Crippen molar-refractivity contribution in [2.45, 2.75) is 48.9 Å². The molecule has 2 fully saturated rings.